The van der Waals surface area contributed by atoms with E-state index < -0.39 is 0 Å². The highest BCUT2D eigenvalue weighted by atomic mass is 79.9. The first-order chi connectivity index (χ1) is 4.33. The second-order valence-corrected chi connectivity index (χ2v) is 2.21. The average Bonchev–Trinajstić information content (AvgIpc) is 1.88. The summed E-state index contributed by atoms with van der Waals surface area (Å²) in [6, 6.07) is 4.17. The summed E-state index contributed by atoms with van der Waals surface area (Å²) in [5.74, 6) is 0. The van der Waals surface area contributed by atoms with Crippen molar-refractivity contribution in [2.24, 2.45) is 0 Å². The minimum Gasteiger partial charge on any atom is -1.00 e. The smallest absolute Gasteiger partial charge is 0.171 e. The standard InChI is InChI=1S/C8H12N.BrH/c1-3-9-6-4-5-8(2)7-9;/h4-7H,3H2,1-2H3;1H/q+1;/p-1. The van der Waals surface area contributed by atoms with Crippen molar-refractivity contribution >= 4 is 0 Å². The van der Waals surface area contributed by atoms with E-state index >= 15 is 0 Å². The molecule has 2 heteroatoms. The first-order valence-corrected chi connectivity index (χ1v) is 3.28. The van der Waals surface area contributed by atoms with E-state index in [0.717, 1.165) is 6.54 Å². The molecule has 0 amide bonds. The molecule has 0 fully saturated rings. The zero-order valence-electron chi connectivity index (χ0n) is 6.34. The molecule has 0 bridgehead atoms. The Balaban J connectivity index is 0.000000810. The van der Waals surface area contributed by atoms with E-state index in [4.69, 9.17) is 0 Å². The summed E-state index contributed by atoms with van der Waals surface area (Å²) in [5.41, 5.74) is 1.32. The molecule has 0 radical (unpaired) electrons. The highest BCUT2D eigenvalue weighted by Gasteiger charge is 1.92. The number of pyridine rings is 1. The maximum atomic E-state index is 2.16. The van der Waals surface area contributed by atoms with Crippen LogP contribution in [0.4, 0.5) is 0 Å². The van der Waals surface area contributed by atoms with Gasteiger partial charge in [0.15, 0.2) is 12.4 Å². The molecule has 1 rings (SSSR count). The van der Waals surface area contributed by atoms with Crippen LogP contribution in [0.15, 0.2) is 24.5 Å². The number of hydrogen-bond donors (Lipinski definition) is 0. The molecule has 0 aliphatic heterocycles. The third kappa shape index (κ3) is 2.48. The fraction of sp³-hybridized carbons (Fsp3) is 0.375. The highest BCUT2D eigenvalue weighted by molar-refractivity contribution is 5.01. The molecule has 0 atom stereocenters. The summed E-state index contributed by atoms with van der Waals surface area (Å²) in [4.78, 5) is 0. The maximum Gasteiger partial charge on any atom is 0.171 e. The first-order valence-electron chi connectivity index (χ1n) is 3.28. The fourth-order valence-corrected chi connectivity index (χ4v) is 0.850. The monoisotopic (exact) mass is 201 g/mol. The number of aryl methyl sites for hydroxylation is 2. The SMILES string of the molecule is CC[n+]1cccc(C)c1.[Br-]. The Morgan fingerprint density at radius 1 is 1.50 bits per heavy atom. The first kappa shape index (κ1) is 9.63. The molecule has 0 spiro atoms. The Morgan fingerprint density at radius 2 is 2.20 bits per heavy atom. The molecule has 0 N–H and O–H groups in total. The summed E-state index contributed by atoms with van der Waals surface area (Å²) in [5, 5.41) is 0. The van der Waals surface area contributed by atoms with Gasteiger partial charge in [-0.2, -0.15) is 0 Å². The van der Waals surface area contributed by atoms with Gasteiger partial charge in [0.1, 0.15) is 6.54 Å². The molecule has 1 aromatic rings. The van der Waals surface area contributed by atoms with Gasteiger partial charge in [-0.15, -0.1) is 0 Å². The van der Waals surface area contributed by atoms with Crippen molar-refractivity contribution in [2.75, 3.05) is 0 Å². The summed E-state index contributed by atoms with van der Waals surface area (Å²) in [6.07, 6.45) is 4.22. The molecule has 0 saturated carbocycles. The number of nitrogens with zero attached hydrogens (tertiary/aromatic N) is 1. The van der Waals surface area contributed by atoms with Crippen LogP contribution in [0.5, 0.6) is 0 Å². The van der Waals surface area contributed by atoms with E-state index in [1.807, 2.05) is 0 Å². The largest absolute Gasteiger partial charge is 1.00 e. The fourth-order valence-electron chi connectivity index (χ4n) is 0.850. The topological polar surface area (TPSA) is 3.88 Å². The Kier molecular flexibility index (Phi) is 4.28. The van der Waals surface area contributed by atoms with Gasteiger partial charge in [-0.3, -0.25) is 0 Å². The lowest BCUT2D eigenvalue weighted by molar-refractivity contribution is -0.693. The molecule has 0 aliphatic carbocycles. The average molecular weight is 202 g/mol. The maximum absolute atomic E-state index is 2.16. The van der Waals surface area contributed by atoms with Crippen LogP contribution in [0.25, 0.3) is 0 Å². The van der Waals surface area contributed by atoms with Crippen LogP contribution in [0.2, 0.25) is 0 Å². The molecule has 56 valence electrons. The van der Waals surface area contributed by atoms with Crippen molar-refractivity contribution < 1.29 is 21.5 Å². The second-order valence-electron chi connectivity index (χ2n) is 2.21. The third-order valence-electron chi connectivity index (χ3n) is 1.37. The predicted octanol–water partition coefficient (Wildman–Crippen LogP) is -1.69. The van der Waals surface area contributed by atoms with Crippen molar-refractivity contribution in [1.29, 1.82) is 0 Å². The number of hydrogen-bond acceptors (Lipinski definition) is 0. The zero-order chi connectivity index (χ0) is 6.69. The molecule has 0 aromatic carbocycles. The highest BCUT2D eigenvalue weighted by Crippen LogP contribution is 1.88. The van der Waals surface area contributed by atoms with Crippen molar-refractivity contribution in [3.63, 3.8) is 0 Å². The van der Waals surface area contributed by atoms with Crippen molar-refractivity contribution in [1.82, 2.24) is 0 Å². The van der Waals surface area contributed by atoms with Gasteiger partial charge >= 0.3 is 0 Å². The Morgan fingerprint density at radius 3 is 2.60 bits per heavy atom. The van der Waals surface area contributed by atoms with Crippen molar-refractivity contribution in [3.05, 3.63) is 30.1 Å². The van der Waals surface area contributed by atoms with Gasteiger partial charge in [0.05, 0.1) is 0 Å². The summed E-state index contributed by atoms with van der Waals surface area (Å²) >= 11 is 0. The lowest BCUT2D eigenvalue weighted by atomic mass is 10.3. The van der Waals surface area contributed by atoms with Crippen molar-refractivity contribution in [2.45, 2.75) is 20.4 Å². The van der Waals surface area contributed by atoms with Crippen LogP contribution in [-0.2, 0) is 6.54 Å². The van der Waals surface area contributed by atoms with E-state index in [1.165, 1.54) is 5.56 Å². The number of rotatable bonds is 1. The van der Waals surface area contributed by atoms with Gasteiger partial charge in [0.25, 0.3) is 0 Å². The number of halogens is 1. The molecule has 1 heterocycles. The van der Waals surface area contributed by atoms with Crippen LogP contribution < -0.4 is 21.5 Å². The minimum absolute atomic E-state index is 0. The zero-order valence-corrected chi connectivity index (χ0v) is 7.93. The Bertz CT molecular complexity index is 198. The summed E-state index contributed by atoms with van der Waals surface area (Å²) in [7, 11) is 0. The molecule has 1 aromatic heterocycles. The molecule has 0 saturated heterocycles. The van der Waals surface area contributed by atoms with Gasteiger partial charge in [-0.25, -0.2) is 4.57 Å². The lowest BCUT2D eigenvalue weighted by Crippen LogP contribution is -3.00. The van der Waals surface area contributed by atoms with Crippen LogP contribution in [0, 0.1) is 6.92 Å². The second kappa shape index (κ2) is 4.45. The predicted molar refractivity (Wildman–Crippen MR) is 37.0 cm³/mol. The van der Waals surface area contributed by atoms with Crippen molar-refractivity contribution in [3.8, 4) is 0 Å². The third-order valence-corrected chi connectivity index (χ3v) is 1.37. The van der Waals surface area contributed by atoms with Crippen LogP contribution in [0.1, 0.15) is 12.5 Å². The van der Waals surface area contributed by atoms with E-state index in [0.29, 0.717) is 0 Å². The van der Waals surface area contributed by atoms with Crippen LogP contribution >= 0.6 is 0 Å². The summed E-state index contributed by atoms with van der Waals surface area (Å²) < 4.78 is 2.16. The Hall–Kier alpha value is -0.370. The van der Waals surface area contributed by atoms with Crippen LogP contribution in [0.3, 0.4) is 0 Å². The Labute approximate surface area is 72.5 Å². The normalized spacial score (nSPS) is 8.60. The quantitative estimate of drug-likeness (QED) is 0.478. The van der Waals surface area contributed by atoms with Gasteiger partial charge < -0.3 is 17.0 Å². The molecule has 0 aliphatic rings. The van der Waals surface area contributed by atoms with Gasteiger partial charge in [-0.05, 0) is 19.9 Å². The molecule has 10 heavy (non-hydrogen) atoms. The molecule has 0 unspecified atom stereocenters. The van der Waals surface area contributed by atoms with Gasteiger partial charge in [0.2, 0.25) is 0 Å². The summed E-state index contributed by atoms with van der Waals surface area (Å²) in [6.45, 7) is 5.30. The van der Waals surface area contributed by atoms with Gasteiger partial charge in [-0.1, -0.05) is 0 Å². The van der Waals surface area contributed by atoms with E-state index in [1.54, 1.807) is 0 Å². The van der Waals surface area contributed by atoms with E-state index in [-0.39, 0.29) is 17.0 Å². The lowest BCUT2D eigenvalue weighted by Gasteiger charge is -1.90. The van der Waals surface area contributed by atoms with E-state index in [9.17, 15) is 0 Å². The minimum atomic E-state index is 0. The number of aromatic nitrogens is 1. The van der Waals surface area contributed by atoms with Crippen LogP contribution in [-0.4, -0.2) is 0 Å². The molecular weight excluding hydrogens is 190 g/mol. The molecular formula is C8H12BrN. The van der Waals surface area contributed by atoms with Gasteiger partial charge in [0, 0.05) is 11.6 Å². The molecule has 1 nitrogen and oxygen atoms in total. The van der Waals surface area contributed by atoms with E-state index in [2.05, 4.69) is 42.9 Å².